The average molecular weight is 283 g/mol. The molecular formula is C16H17N3O2. The number of nitrogen functional groups attached to an aromatic ring is 1. The Kier molecular flexibility index (Phi) is 4.29. The van der Waals surface area contributed by atoms with Crippen LogP contribution in [0.15, 0.2) is 30.5 Å². The number of hydrogen-bond acceptors (Lipinski definition) is 4. The molecule has 2 aromatic rings. The molecule has 0 fully saturated rings. The summed E-state index contributed by atoms with van der Waals surface area (Å²) in [5, 5.41) is 10.7. The normalized spacial score (nSPS) is 11.8. The number of fused-ring (bicyclic) bond motifs is 1. The average Bonchev–Trinajstić information content (AvgIpc) is 2.45. The van der Waals surface area contributed by atoms with E-state index >= 15 is 0 Å². The molecular weight excluding hydrogens is 266 g/mol. The Hall–Kier alpha value is -2.74. The number of carboxylic acids is 1. The Morgan fingerprint density at radius 3 is 2.76 bits per heavy atom. The summed E-state index contributed by atoms with van der Waals surface area (Å²) in [6.07, 6.45) is 6.98. The molecule has 0 saturated heterocycles. The van der Waals surface area contributed by atoms with Gasteiger partial charge in [0.05, 0.1) is 24.8 Å². The van der Waals surface area contributed by atoms with Crippen LogP contribution >= 0.6 is 0 Å². The van der Waals surface area contributed by atoms with Crippen molar-refractivity contribution in [2.75, 3.05) is 17.2 Å². The molecule has 0 aliphatic heterocycles. The zero-order valence-corrected chi connectivity index (χ0v) is 11.8. The summed E-state index contributed by atoms with van der Waals surface area (Å²) < 4.78 is 0. The van der Waals surface area contributed by atoms with Gasteiger partial charge in [-0.2, -0.15) is 0 Å². The molecule has 0 aliphatic carbocycles. The van der Waals surface area contributed by atoms with Gasteiger partial charge < -0.3 is 15.7 Å². The Balaban J connectivity index is 2.53. The van der Waals surface area contributed by atoms with Gasteiger partial charge in [0.1, 0.15) is 5.82 Å². The molecule has 3 N–H and O–H groups in total. The fourth-order valence-corrected chi connectivity index (χ4v) is 2.33. The molecule has 21 heavy (non-hydrogen) atoms. The standard InChI is InChI=1S/C16H17N3O2/c1-3-8-19(11(2)9-15(20)21)16-13-7-5-4-6-12(13)14(17)10-18-16/h1,4-7,10-11H,8-9,17H2,2H3,(H,20,21). The molecule has 5 nitrogen and oxygen atoms in total. The third-order valence-corrected chi connectivity index (χ3v) is 3.34. The molecule has 0 spiro atoms. The summed E-state index contributed by atoms with van der Waals surface area (Å²) in [5.74, 6) is 2.35. The Labute approximate surface area is 123 Å². The summed E-state index contributed by atoms with van der Waals surface area (Å²) in [7, 11) is 0. The second-order valence-corrected chi connectivity index (χ2v) is 4.86. The van der Waals surface area contributed by atoms with Gasteiger partial charge in [0.25, 0.3) is 0 Å². The molecule has 5 heteroatoms. The van der Waals surface area contributed by atoms with Crippen molar-refractivity contribution in [1.82, 2.24) is 4.98 Å². The van der Waals surface area contributed by atoms with Crippen molar-refractivity contribution in [2.45, 2.75) is 19.4 Å². The first-order chi connectivity index (χ1) is 10.0. The van der Waals surface area contributed by atoms with Crippen LogP contribution in [0.2, 0.25) is 0 Å². The summed E-state index contributed by atoms with van der Waals surface area (Å²) in [4.78, 5) is 17.1. The second-order valence-electron chi connectivity index (χ2n) is 4.86. The van der Waals surface area contributed by atoms with E-state index in [4.69, 9.17) is 17.3 Å². The molecule has 0 saturated carbocycles. The van der Waals surface area contributed by atoms with Crippen molar-refractivity contribution in [2.24, 2.45) is 0 Å². The molecule has 1 unspecified atom stereocenters. The number of rotatable bonds is 5. The number of anilines is 2. The van der Waals surface area contributed by atoms with Crippen LogP contribution in [0.25, 0.3) is 10.8 Å². The topological polar surface area (TPSA) is 79.5 Å². The van der Waals surface area contributed by atoms with Crippen molar-refractivity contribution in [1.29, 1.82) is 0 Å². The fourth-order valence-electron chi connectivity index (χ4n) is 2.33. The van der Waals surface area contributed by atoms with Crippen LogP contribution in [0.5, 0.6) is 0 Å². The van der Waals surface area contributed by atoms with Crippen molar-refractivity contribution >= 4 is 28.2 Å². The maximum absolute atomic E-state index is 10.9. The smallest absolute Gasteiger partial charge is 0.305 e. The third-order valence-electron chi connectivity index (χ3n) is 3.34. The van der Waals surface area contributed by atoms with E-state index in [9.17, 15) is 4.79 Å². The lowest BCUT2D eigenvalue weighted by Gasteiger charge is -2.28. The van der Waals surface area contributed by atoms with Gasteiger partial charge in [-0.05, 0) is 6.92 Å². The Morgan fingerprint density at radius 2 is 2.14 bits per heavy atom. The van der Waals surface area contributed by atoms with Gasteiger partial charge in [0, 0.05) is 16.8 Å². The zero-order valence-electron chi connectivity index (χ0n) is 11.8. The number of nitrogens with zero attached hydrogens (tertiary/aromatic N) is 2. The summed E-state index contributed by atoms with van der Waals surface area (Å²) in [6, 6.07) is 7.34. The van der Waals surface area contributed by atoms with Crippen LogP contribution < -0.4 is 10.6 Å². The lowest BCUT2D eigenvalue weighted by molar-refractivity contribution is -0.137. The number of aliphatic carboxylic acids is 1. The molecule has 1 heterocycles. The predicted octanol–water partition coefficient (Wildman–Crippen LogP) is 2.12. The highest BCUT2D eigenvalue weighted by Gasteiger charge is 2.20. The van der Waals surface area contributed by atoms with Gasteiger partial charge >= 0.3 is 5.97 Å². The lowest BCUT2D eigenvalue weighted by atomic mass is 10.1. The van der Waals surface area contributed by atoms with Gasteiger partial charge in [-0.1, -0.05) is 30.2 Å². The fraction of sp³-hybridized carbons (Fsp3) is 0.250. The van der Waals surface area contributed by atoms with Crippen molar-refractivity contribution in [3.05, 3.63) is 30.5 Å². The van der Waals surface area contributed by atoms with Gasteiger partial charge in [0.2, 0.25) is 0 Å². The minimum absolute atomic E-state index is 0.0118. The Bertz CT molecular complexity index is 706. The van der Waals surface area contributed by atoms with E-state index in [0.717, 1.165) is 10.8 Å². The molecule has 108 valence electrons. The summed E-state index contributed by atoms with van der Waals surface area (Å²) in [6.45, 7) is 2.10. The molecule has 0 amide bonds. The highest BCUT2D eigenvalue weighted by atomic mass is 16.4. The first kappa shape index (κ1) is 14.7. The predicted molar refractivity (Wildman–Crippen MR) is 84.0 cm³/mol. The van der Waals surface area contributed by atoms with Gasteiger partial charge in [-0.25, -0.2) is 4.98 Å². The number of carboxylic acid groups (broad SMARTS) is 1. The highest BCUT2D eigenvalue weighted by molar-refractivity contribution is 5.99. The zero-order chi connectivity index (χ0) is 15.4. The summed E-state index contributed by atoms with van der Waals surface area (Å²) >= 11 is 0. The van der Waals surface area contributed by atoms with E-state index < -0.39 is 5.97 Å². The van der Waals surface area contributed by atoms with E-state index in [1.165, 1.54) is 0 Å². The maximum Gasteiger partial charge on any atom is 0.305 e. The SMILES string of the molecule is C#CCN(c1ncc(N)c2ccccc12)C(C)CC(=O)O. The first-order valence-corrected chi connectivity index (χ1v) is 6.59. The largest absolute Gasteiger partial charge is 0.481 e. The Morgan fingerprint density at radius 1 is 1.48 bits per heavy atom. The molecule has 2 rings (SSSR count). The summed E-state index contributed by atoms with van der Waals surface area (Å²) in [5.41, 5.74) is 6.52. The quantitative estimate of drug-likeness (QED) is 0.822. The van der Waals surface area contributed by atoms with Crippen LogP contribution in [0.3, 0.4) is 0 Å². The number of carbonyl (C=O) groups is 1. The molecule has 1 aromatic carbocycles. The van der Waals surface area contributed by atoms with Gasteiger partial charge in [-0.3, -0.25) is 4.79 Å². The van der Waals surface area contributed by atoms with E-state index in [2.05, 4.69) is 10.9 Å². The van der Waals surface area contributed by atoms with E-state index in [0.29, 0.717) is 11.5 Å². The third kappa shape index (κ3) is 3.06. The number of terminal acetylenes is 1. The van der Waals surface area contributed by atoms with Crippen molar-refractivity contribution in [3.63, 3.8) is 0 Å². The van der Waals surface area contributed by atoms with Gasteiger partial charge in [-0.15, -0.1) is 6.42 Å². The van der Waals surface area contributed by atoms with Crippen LogP contribution in [-0.2, 0) is 4.79 Å². The number of benzene rings is 1. The first-order valence-electron chi connectivity index (χ1n) is 6.59. The minimum Gasteiger partial charge on any atom is -0.481 e. The number of pyridine rings is 1. The molecule has 0 radical (unpaired) electrons. The number of aromatic nitrogens is 1. The molecule has 0 bridgehead atoms. The van der Waals surface area contributed by atoms with Crippen LogP contribution in [0.4, 0.5) is 11.5 Å². The van der Waals surface area contributed by atoms with Crippen LogP contribution in [-0.4, -0.2) is 28.6 Å². The van der Waals surface area contributed by atoms with E-state index in [1.807, 2.05) is 36.1 Å². The van der Waals surface area contributed by atoms with E-state index in [1.54, 1.807) is 6.20 Å². The van der Waals surface area contributed by atoms with Gasteiger partial charge in [0.15, 0.2) is 0 Å². The number of nitrogens with two attached hydrogens (primary N) is 1. The molecule has 0 aliphatic rings. The second kappa shape index (κ2) is 6.14. The van der Waals surface area contributed by atoms with Crippen molar-refractivity contribution in [3.8, 4) is 12.3 Å². The maximum atomic E-state index is 10.9. The molecule has 1 atom stereocenters. The highest BCUT2D eigenvalue weighted by Crippen LogP contribution is 2.29. The lowest BCUT2D eigenvalue weighted by Crippen LogP contribution is -2.36. The molecule has 1 aromatic heterocycles. The van der Waals surface area contributed by atoms with Crippen LogP contribution in [0.1, 0.15) is 13.3 Å². The minimum atomic E-state index is -0.871. The van der Waals surface area contributed by atoms with E-state index in [-0.39, 0.29) is 19.0 Å². The monoisotopic (exact) mass is 283 g/mol. The number of hydrogen-bond donors (Lipinski definition) is 2. The van der Waals surface area contributed by atoms with Crippen molar-refractivity contribution < 1.29 is 9.90 Å². The van der Waals surface area contributed by atoms with Crippen LogP contribution in [0, 0.1) is 12.3 Å².